The number of hydrogen-bond acceptors (Lipinski definition) is 3. The predicted molar refractivity (Wildman–Crippen MR) is 59.1 cm³/mol. The second-order valence-electron chi connectivity index (χ2n) is 3.42. The van der Waals surface area contributed by atoms with Crippen LogP contribution in [0.25, 0.3) is 0 Å². The SMILES string of the molecule is NC(Cc1cncs1)c1cccc(F)c1F. The number of thiazole rings is 1. The molecule has 0 saturated heterocycles. The Labute approximate surface area is 95.7 Å². The molecule has 1 aromatic carbocycles. The number of nitrogens with two attached hydrogens (primary N) is 1. The minimum atomic E-state index is -0.864. The van der Waals surface area contributed by atoms with Crippen molar-refractivity contribution in [2.45, 2.75) is 12.5 Å². The Balaban J connectivity index is 2.21. The van der Waals surface area contributed by atoms with Crippen LogP contribution in [0.4, 0.5) is 8.78 Å². The highest BCUT2D eigenvalue weighted by Crippen LogP contribution is 2.22. The van der Waals surface area contributed by atoms with Gasteiger partial charge in [0, 0.05) is 29.1 Å². The number of rotatable bonds is 3. The fourth-order valence-corrected chi connectivity index (χ4v) is 2.13. The molecule has 2 rings (SSSR count). The molecule has 0 aliphatic heterocycles. The molecule has 0 bridgehead atoms. The van der Waals surface area contributed by atoms with Crippen LogP contribution in [0.5, 0.6) is 0 Å². The molecular weight excluding hydrogens is 230 g/mol. The summed E-state index contributed by atoms with van der Waals surface area (Å²) >= 11 is 1.45. The molecule has 2 nitrogen and oxygen atoms in total. The van der Waals surface area contributed by atoms with Crippen molar-refractivity contribution >= 4 is 11.3 Å². The first kappa shape index (κ1) is 11.2. The van der Waals surface area contributed by atoms with Gasteiger partial charge in [0.25, 0.3) is 0 Å². The molecule has 5 heteroatoms. The van der Waals surface area contributed by atoms with E-state index in [-0.39, 0.29) is 5.56 Å². The molecule has 2 N–H and O–H groups in total. The smallest absolute Gasteiger partial charge is 0.163 e. The number of hydrogen-bond donors (Lipinski definition) is 1. The molecule has 16 heavy (non-hydrogen) atoms. The highest BCUT2D eigenvalue weighted by molar-refractivity contribution is 7.09. The fourth-order valence-electron chi connectivity index (χ4n) is 1.48. The second-order valence-corrected chi connectivity index (χ2v) is 4.39. The van der Waals surface area contributed by atoms with Crippen LogP contribution in [0, 0.1) is 11.6 Å². The third-order valence-electron chi connectivity index (χ3n) is 2.29. The molecule has 0 spiro atoms. The van der Waals surface area contributed by atoms with Crippen LogP contribution in [-0.4, -0.2) is 4.98 Å². The summed E-state index contributed by atoms with van der Waals surface area (Å²) in [4.78, 5) is 4.86. The summed E-state index contributed by atoms with van der Waals surface area (Å²) in [6.45, 7) is 0. The monoisotopic (exact) mass is 240 g/mol. The summed E-state index contributed by atoms with van der Waals surface area (Å²) in [5.41, 5.74) is 7.71. The maximum atomic E-state index is 13.4. The Morgan fingerprint density at radius 1 is 1.38 bits per heavy atom. The Bertz CT molecular complexity index is 471. The molecule has 1 unspecified atom stereocenters. The lowest BCUT2D eigenvalue weighted by Gasteiger charge is -2.11. The normalized spacial score (nSPS) is 12.7. The quantitative estimate of drug-likeness (QED) is 0.895. The van der Waals surface area contributed by atoms with E-state index in [0.29, 0.717) is 6.42 Å². The van der Waals surface area contributed by atoms with Crippen LogP contribution >= 0.6 is 11.3 Å². The van der Waals surface area contributed by atoms with E-state index in [1.165, 1.54) is 23.5 Å². The molecule has 84 valence electrons. The largest absolute Gasteiger partial charge is 0.324 e. The lowest BCUT2D eigenvalue weighted by molar-refractivity contribution is 0.488. The zero-order chi connectivity index (χ0) is 11.5. The highest BCUT2D eigenvalue weighted by atomic mass is 32.1. The molecule has 0 amide bonds. The summed E-state index contributed by atoms with van der Waals surface area (Å²) in [5, 5.41) is 0. The Morgan fingerprint density at radius 3 is 2.88 bits per heavy atom. The van der Waals surface area contributed by atoms with E-state index >= 15 is 0 Å². The summed E-state index contributed by atoms with van der Waals surface area (Å²) in [7, 11) is 0. The van der Waals surface area contributed by atoms with Crippen molar-refractivity contribution in [3.63, 3.8) is 0 Å². The van der Waals surface area contributed by atoms with E-state index in [9.17, 15) is 8.78 Å². The van der Waals surface area contributed by atoms with Gasteiger partial charge in [0.15, 0.2) is 11.6 Å². The van der Waals surface area contributed by atoms with Gasteiger partial charge in [-0.1, -0.05) is 12.1 Å². The van der Waals surface area contributed by atoms with Crippen molar-refractivity contribution < 1.29 is 8.78 Å². The maximum absolute atomic E-state index is 13.4. The molecular formula is C11H10F2N2S. The number of halogens is 2. The van der Waals surface area contributed by atoms with Gasteiger partial charge >= 0.3 is 0 Å². The van der Waals surface area contributed by atoms with Gasteiger partial charge in [-0.3, -0.25) is 4.98 Å². The van der Waals surface area contributed by atoms with Gasteiger partial charge in [-0.25, -0.2) is 8.78 Å². The van der Waals surface area contributed by atoms with Gasteiger partial charge in [-0.15, -0.1) is 11.3 Å². The molecule has 1 atom stereocenters. The first-order chi connectivity index (χ1) is 7.68. The van der Waals surface area contributed by atoms with Gasteiger partial charge in [0.05, 0.1) is 5.51 Å². The van der Waals surface area contributed by atoms with Crippen molar-refractivity contribution in [2.24, 2.45) is 5.73 Å². The predicted octanol–water partition coefficient (Wildman–Crippen LogP) is 2.66. The van der Waals surface area contributed by atoms with Crippen LogP contribution in [0.15, 0.2) is 29.9 Å². The van der Waals surface area contributed by atoms with Gasteiger partial charge in [0.2, 0.25) is 0 Å². The molecule has 1 aromatic heterocycles. The van der Waals surface area contributed by atoms with Crippen LogP contribution < -0.4 is 5.73 Å². The first-order valence-electron chi connectivity index (χ1n) is 4.75. The third kappa shape index (κ3) is 2.25. The van der Waals surface area contributed by atoms with E-state index in [2.05, 4.69) is 4.98 Å². The molecule has 0 aliphatic carbocycles. The van der Waals surface area contributed by atoms with Crippen LogP contribution in [0.2, 0.25) is 0 Å². The number of nitrogens with zero attached hydrogens (tertiary/aromatic N) is 1. The average molecular weight is 240 g/mol. The van der Waals surface area contributed by atoms with Crippen molar-refractivity contribution in [1.29, 1.82) is 0 Å². The lowest BCUT2D eigenvalue weighted by atomic mass is 10.0. The number of benzene rings is 1. The number of aromatic nitrogens is 1. The molecule has 0 radical (unpaired) electrons. The zero-order valence-corrected chi connectivity index (χ0v) is 9.18. The molecule has 0 saturated carbocycles. The Kier molecular flexibility index (Phi) is 3.26. The summed E-state index contributed by atoms with van der Waals surface area (Å²) in [6.07, 6.45) is 2.15. The Morgan fingerprint density at radius 2 is 2.19 bits per heavy atom. The molecule has 1 heterocycles. The summed E-state index contributed by atoms with van der Waals surface area (Å²) < 4.78 is 26.4. The van der Waals surface area contributed by atoms with E-state index in [0.717, 1.165) is 10.9 Å². The topological polar surface area (TPSA) is 38.9 Å². The maximum Gasteiger partial charge on any atom is 0.163 e. The van der Waals surface area contributed by atoms with Gasteiger partial charge in [0.1, 0.15) is 0 Å². The van der Waals surface area contributed by atoms with Gasteiger partial charge in [-0.05, 0) is 6.07 Å². The third-order valence-corrected chi connectivity index (χ3v) is 3.09. The highest BCUT2D eigenvalue weighted by Gasteiger charge is 2.15. The average Bonchev–Trinajstić information content (AvgIpc) is 2.74. The molecule has 0 aliphatic rings. The van der Waals surface area contributed by atoms with E-state index in [1.807, 2.05) is 0 Å². The van der Waals surface area contributed by atoms with Crippen LogP contribution in [0.3, 0.4) is 0 Å². The zero-order valence-electron chi connectivity index (χ0n) is 8.36. The first-order valence-corrected chi connectivity index (χ1v) is 5.63. The summed E-state index contributed by atoms with van der Waals surface area (Å²) in [5.74, 6) is -1.73. The molecule has 2 aromatic rings. The lowest BCUT2D eigenvalue weighted by Crippen LogP contribution is -2.15. The fraction of sp³-hybridized carbons (Fsp3) is 0.182. The summed E-state index contributed by atoms with van der Waals surface area (Å²) in [6, 6.07) is 3.50. The van der Waals surface area contributed by atoms with Crippen LogP contribution in [0.1, 0.15) is 16.5 Å². The van der Waals surface area contributed by atoms with Gasteiger partial charge in [-0.2, -0.15) is 0 Å². The van der Waals surface area contributed by atoms with Crippen molar-refractivity contribution in [3.8, 4) is 0 Å². The van der Waals surface area contributed by atoms with E-state index < -0.39 is 17.7 Å². The standard InChI is InChI=1S/C11H10F2N2S/c12-9-3-1-2-8(11(9)13)10(14)4-7-5-15-6-16-7/h1-3,5-6,10H,4,14H2. The second kappa shape index (κ2) is 4.67. The van der Waals surface area contributed by atoms with Crippen LogP contribution in [-0.2, 0) is 6.42 Å². The van der Waals surface area contributed by atoms with Crippen molar-refractivity contribution in [2.75, 3.05) is 0 Å². The minimum absolute atomic E-state index is 0.202. The Hall–Kier alpha value is -1.33. The van der Waals surface area contributed by atoms with E-state index in [4.69, 9.17) is 5.73 Å². The molecule has 0 fully saturated rings. The van der Waals surface area contributed by atoms with Crippen molar-refractivity contribution in [1.82, 2.24) is 4.98 Å². The van der Waals surface area contributed by atoms with E-state index in [1.54, 1.807) is 11.7 Å². The van der Waals surface area contributed by atoms with Crippen molar-refractivity contribution in [3.05, 3.63) is 52.0 Å². The minimum Gasteiger partial charge on any atom is -0.324 e. The van der Waals surface area contributed by atoms with Gasteiger partial charge < -0.3 is 5.73 Å².